The molecule has 3 rings (SSSR count). The van der Waals surface area contributed by atoms with Gasteiger partial charge in [-0.3, -0.25) is 4.79 Å². The van der Waals surface area contributed by atoms with Crippen molar-refractivity contribution in [1.29, 1.82) is 0 Å². The summed E-state index contributed by atoms with van der Waals surface area (Å²) in [5, 5.41) is 19.3. The molecule has 0 radical (unpaired) electrons. The number of hydrogen-bond donors (Lipinski definition) is 2. The minimum absolute atomic E-state index is 0.0173. The molecule has 2 aliphatic heterocycles. The van der Waals surface area contributed by atoms with E-state index in [0.29, 0.717) is 50.0 Å². The summed E-state index contributed by atoms with van der Waals surface area (Å²) >= 11 is 0. The van der Waals surface area contributed by atoms with E-state index in [1.807, 2.05) is 0 Å². The van der Waals surface area contributed by atoms with E-state index in [0.717, 1.165) is 0 Å². The summed E-state index contributed by atoms with van der Waals surface area (Å²) in [5.41, 5.74) is 0.961. The fourth-order valence-corrected chi connectivity index (χ4v) is 2.77. The SMILES string of the molecule is O=C(O)C(=O)c1c2c(c(O)c3c1OCCC3)OCCC2. The molecule has 0 bridgehead atoms. The Bertz CT molecular complexity index is 567. The van der Waals surface area contributed by atoms with Crippen LogP contribution in [-0.2, 0) is 17.6 Å². The maximum Gasteiger partial charge on any atom is 0.377 e. The zero-order chi connectivity index (χ0) is 14.3. The summed E-state index contributed by atoms with van der Waals surface area (Å²) in [6.07, 6.45) is 2.41. The van der Waals surface area contributed by atoms with Crippen LogP contribution in [0.4, 0.5) is 0 Å². The van der Waals surface area contributed by atoms with E-state index in [9.17, 15) is 14.7 Å². The highest BCUT2D eigenvalue weighted by molar-refractivity contribution is 6.41. The van der Waals surface area contributed by atoms with Gasteiger partial charge in [0.15, 0.2) is 11.5 Å². The van der Waals surface area contributed by atoms with E-state index >= 15 is 0 Å². The molecule has 2 heterocycles. The molecule has 0 fully saturated rings. The first-order valence-electron chi connectivity index (χ1n) is 6.55. The van der Waals surface area contributed by atoms with Crippen molar-refractivity contribution in [2.45, 2.75) is 25.7 Å². The zero-order valence-corrected chi connectivity index (χ0v) is 10.8. The van der Waals surface area contributed by atoms with E-state index in [1.165, 1.54) is 0 Å². The van der Waals surface area contributed by atoms with Crippen molar-refractivity contribution in [1.82, 2.24) is 0 Å². The number of carboxylic acids is 1. The number of ether oxygens (including phenoxy) is 2. The van der Waals surface area contributed by atoms with E-state index < -0.39 is 11.8 Å². The molecular weight excluding hydrogens is 264 g/mol. The highest BCUT2D eigenvalue weighted by Gasteiger charge is 2.34. The van der Waals surface area contributed by atoms with Gasteiger partial charge in [-0.1, -0.05) is 0 Å². The number of phenolic OH excluding ortho intramolecular Hbond substituents is 1. The van der Waals surface area contributed by atoms with Crippen molar-refractivity contribution in [3.63, 3.8) is 0 Å². The fraction of sp³-hybridized carbons (Fsp3) is 0.429. The Morgan fingerprint density at radius 2 is 1.55 bits per heavy atom. The Balaban J connectivity index is 2.30. The summed E-state index contributed by atoms with van der Waals surface area (Å²) in [5.74, 6) is -2.10. The number of aromatic hydroxyl groups is 1. The second-order valence-corrected chi connectivity index (χ2v) is 4.88. The third kappa shape index (κ3) is 1.79. The van der Waals surface area contributed by atoms with Crippen molar-refractivity contribution >= 4 is 11.8 Å². The van der Waals surface area contributed by atoms with Crippen LogP contribution in [0.15, 0.2) is 0 Å². The molecule has 2 aliphatic rings. The quantitative estimate of drug-likeness (QED) is 0.626. The normalized spacial score (nSPS) is 16.4. The Labute approximate surface area is 114 Å². The molecule has 2 N–H and O–H groups in total. The molecule has 20 heavy (non-hydrogen) atoms. The zero-order valence-electron chi connectivity index (χ0n) is 10.8. The van der Waals surface area contributed by atoms with Crippen LogP contribution < -0.4 is 9.47 Å². The van der Waals surface area contributed by atoms with Crippen LogP contribution in [0.3, 0.4) is 0 Å². The second-order valence-electron chi connectivity index (χ2n) is 4.88. The molecule has 0 aliphatic carbocycles. The van der Waals surface area contributed by atoms with Gasteiger partial charge >= 0.3 is 5.97 Å². The Kier molecular flexibility index (Phi) is 3.00. The average Bonchev–Trinajstić information content (AvgIpc) is 2.47. The third-order valence-corrected chi connectivity index (χ3v) is 3.63. The predicted octanol–water partition coefficient (Wildman–Crippen LogP) is 1.31. The Morgan fingerprint density at radius 3 is 2.20 bits per heavy atom. The largest absolute Gasteiger partial charge is 0.504 e. The molecule has 1 aromatic rings. The number of hydrogen-bond acceptors (Lipinski definition) is 5. The van der Waals surface area contributed by atoms with Gasteiger partial charge in [-0.25, -0.2) is 4.79 Å². The Hall–Kier alpha value is -2.24. The highest BCUT2D eigenvalue weighted by atomic mass is 16.5. The summed E-state index contributed by atoms with van der Waals surface area (Å²) in [6, 6.07) is 0. The topological polar surface area (TPSA) is 93.1 Å². The first-order valence-corrected chi connectivity index (χ1v) is 6.55. The molecule has 0 spiro atoms. The van der Waals surface area contributed by atoms with E-state index in [4.69, 9.17) is 14.6 Å². The van der Waals surface area contributed by atoms with Gasteiger partial charge in [0.1, 0.15) is 5.75 Å². The minimum atomic E-state index is -1.53. The van der Waals surface area contributed by atoms with Gasteiger partial charge in [-0.15, -0.1) is 0 Å². The number of benzene rings is 1. The van der Waals surface area contributed by atoms with Crippen LogP contribution in [0.2, 0.25) is 0 Å². The smallest absolute Gasteiger partial charge is 0.377 e. The van der Waals surface area contributed by atoms with Crippen LogP contribution in [0.5, 0.6) is 17.2 Å². The molecule has 1 aromatic carbocycles. The molecule has 0 amide bonds. The summed E-state index contributed by atoms with van der Waals surface area (Å²) in [4.78, 5) is 23.0. The number of fused-ring (bicyclic) bond motifs is 2. The number of carbonyl (C=O) groups excluding carboxylic acids is 1. The fourth-order valence-electron chi connectivity index (χ4n) is 2.77. The first-order chi connectivity index (χ1) is 9.61. The molecule has 0 saturated heterocycles. The monoisotopic (exact) mass is 278 g/mol. The lowest BCUT2D eigenvalue weighted by Gasteiger charge is -2.27. The van der Waals surface area contributed by atoms with Crippen molar-refractivity contribution in [2.75, 3.05) is 13.2 Å². The maximum atomic E-state index is 12.0. The molecule has 0 atom stereocenters. The van der Waals surface area contributed by atoms with Crippen LogP contribution in [-0.4, -0.2) is 35.2 Å². The van der Waals surface area contributed by atoms with Gasteiger partial charge in [-0.2, -0.15) is 0 Å². The minimum Gasteiger partial charge on any atom is -0.504 e. The average molecular weight is 278 g/mol. The summed E-state index contributed by atoms with van der Waals surface area (Å²) in [7, 11) is 0. The van der Waals surface area contributed by atoms with Crippen molar-refractivity contribution in [3.8, 4) is 17.2 Å². The number of phenols is 1. The van der Waals surface area contributed by atoms with Gasteiger partial charge in [-0.05, 0) is 25.7 Å². The van der Waals surface area contributed by atoms with Crippen LogP contribution >= 0.6 is 0 Å². The van der Waals surface area contributed by atoms with Gasteiger partial charge < -0.3 is 19.7 Å². The molecule has 6 nitrogen and oxygen atoms in total. The van der Waals surface area contributed by atoms with Crippen LogP contribution in [0.1, 0.15) is 34.3 Å². The molecule has 106 valence electrons. The summed E-state index contributed by atoms with van der Waals surface area (Å²) in [6.45, 7) is 0.854. The number of ketones is 1. The second kappa shape index (κ2) is 4.70. The van der Waals surface area contributed by atoms with E-state index in [1.54, 1.807) is 0 Å². The number of rotatable bonds is 2. The third-order valence-electron chi connectivity index (χ3n) is 3.63. The number of carboxylic acid groups (broad SMARTS) is 1. The van der Waals surface area contributed by atoms with Crippen molar-refractivity contribution < 1.29 is 29.3 Å². The highest BCUT2D eigenvalue weighted by Crippen LogP contribution is 2.47. The number of Topliss-reactive ketones (excluding diaryl/α,β-unsaturated/α-hetero) is 1. The molecule has 6 heteroatoms. The Morgan fingerprint density at radius 1 is 0.950 bits per heavy atom. The van der Waals surface area contributed by atoms with Gasteiger partial charge in [0.05, 0.1) is 18.8 Å². The van der Waals surface area contributed by atoms with Crippen molar-refractivity contribution in [3.05, 3.63) is 16.7 Å². The lowest BCUT2D eigenvalue weighted by molar-refractivity contribution is -0.131. The molecule has 0 saturated carbocycles. The molecule has 0 unspecified atom stereocenters. The van der Waals surface area contributed by atoms with Crippen LogP contribution in [0, 0.1) is 0 Å². The first kappa shape index (κ1) is 12.8. The predicted molar refractivity (Wildman–Crippen MR) is 67.7 cm³/mol. The lowest BCUT2D eigenvalue weighted by Crippen LogP contribution is -2.23. The number of carbonyl (C=O) groups is 2. The molecule has 0 aromatic heterocycles. The van der Waals surface area contributed by atoms with Gasteiger partial charge in [0, 0.05) is 11.1 Å². The van der Waals surface area contributed by atoms with Crippen molar-refractivity contribution in [2.24, 2.45) is 0 Å². The summed E-state index contributed by atoms with van der Waals surface area (Å²) < 4.78 is 10.9. The van der Waals surface area contributed by atoms with E-state index in [2.05, 4.69) is 0 Å². The van der Waals surface area contributed by atoms with Gasteiger partial charge in [0.25, 0.3) is 5.78 Å². The number of aliphatic carboxylic acids is 1. The maximum absolute atomic E-state index is 12.0. The standard InChI is InChI=1S/C14H14O6/c15-10-8-4-2-5-19-12(8)9(11(16)14(17)18)7-3-1-6-20-13(7)10/h15H,1-6H2,(H,17,18). The lowest BCUT2D eigenvalue weighted by atomic mass is 9.90. The van der Waals surface area contributed by atoms with Crippen LogP contribution in [0.25, 0.3) is 0 Å². The molecular formula is C14H14O6. The van der Waals surface area contributed by atoms with Gasteiger partial charge in [0.2, 0.25) is 0 Å². The van der Waals surface area contributed by atoms with E-state index in [-0.39, 0.29) is 22.8 Å².